The highest BCUT2D eigenvalue weighted by atomic mass is 32.2. The maximum absolute atomic E-state index is 13.1. The predicted molar refractivity (Wildman–Crippen MR) is 117 cm³/mol. The van der Waals surface area contributed by atoms with E-state index in [2.05, 4.69) is 4.98 Å². The van der Waals surface area contributed by atoms with Gasteiger partial charge in [0.2, 0.25) is 15.9 Å². The number of carbonyl (C=O) groups excluding carboxylic acids is 3. The molecule has 1 aromatic heterocycles. The standard InChI is InChI=1S/C22H24N4O6S/c23-21(30)22-18(9-11-25(22)20(29)8-5-15-3-6-17(27)7-4-15)26(13-19(22)28)33(31,32)14-16-2-1-10-24-12-16/h1-4,6-7,10,12,18,27H,5,8-9,11,13-14H2,(H2,23,30). The van der Waals surface area contributed by atoms with Gasteiger partial charge in [-0.05, 0) is 42.2 Å². The van der Waals surface area contributed by atoms with Crippen molar-refractivity contribution in [1.29, 1.82) is 0 Å². The topological polar surface area (TPSA) is 151 Å². The Morgan fingerprint density at radius 1 is 1.18 bits per heavy atom. The first-order valence-electron chi connectivity index (χ1n) is 10.5. The van der Waals surface area contributed by atoms with Crippen molar-refractivity contribution in [2.24, 2.45) is 5.73 Å². The summed E-state index contributed by atoms with van der Waals surface area (Å²) < 4.78 is 27.3. The third-order valence-electron chi connectivity index (χ3n) is 6.28. The number of sulfonamides is 1. The summed E-state index contributed by atoms with van der Waals surface area (Å²) >= 11 is 0. The van der Waals surface area contributed by atoms with E-state index in [9.17, 15) is 27.9 Å². The number of hydrogen-bond acceptors (Lipinski definition) is 7. The number of fused-ring (bicyclic) bond motifs is 1. The van der Waals surface area contributed by atoms with Gasteiger partial charge in [0.25, 0.3) is 5.91 Å². The van der Waals surface area contributed by atoms with Gasteiger partial charge in [-0.3, -0.25) is 19.4 Å². The molecule has 4 rings (SSSR count). The molecule has 11 heteroatoms. The summed E-state index contributed by atoms with van der Waals surface area (Å²) in [6.07, 6.45) is 3.40. The van der Waals surface area contributed by atoms with Gasteiger partial charge < -0.3 is 15.7 Å². The minimum atomic E-state index is -3.98. The Hall–Kier alpha value is -3.31. The van der Waals surface area contributed by atoms with Gasteiger partial charge in [-0.25, -0.2) is 8.42 Å². The second kappa shape index (κ2) is 8.56. The molecule has 0 saturated carbocycles. The average Bonchev–Trinajstić information content (AvgIpc) is 3.31. The van der Waals surface area contributed by atoms with Gasteiger partial charge in [0.15, 0.2) is 11.3 Å². The summed E-state index contributed by atoms with van der Waals surface area (Å²) in [5.41, 5.74) is 4.90. The second-order valence-electron chi connectivity index (χ2n) is 8.23. The molecule has 3 heterocycles. The number of aromatic nitrogens is 1. The molecule has 2 aliphatic heterocycles. The summed E-state index contributed by atoms with van der Waals surface area (Å²) in [6, 6.07) is 8.53. The molecule has 0 aliphatic carbocycles. The summed E-state index contributed by atoms with van der Waals surface area (Å²) in [5, 5.41) is 9.40. The van der Waals surface area contributed by atoms with E-state index < -0.39 is 45.7 Å². The quantitative estimate of drug-likeness (QED) is 0.537. The normalized spacial score (nSPS) is 23.0. The Balaban J connectivity index is 1.57. The number of ketones is 1. The molecule has 2 fully saturated rings. The molecule has 1 aromatic carbocycles. The zero-order valence-electron chi connectivity index (χ0n) is 17.8. The van der Waals surface area contributed by atoms with Crippen LogP contribution in [-0.2, 0) is 36.6 Å². The van der Waals surface area contributed by atoms with Crippen LogP contribution in [0.5, 0.6) is 5.75 Å². The highest BCUT2D eigenvalue weighted by molar-refractivity contribution is 7.88. The fourth-order valence-corrected chi connectivity index (χ4v) is 6.47. The number of hydrogen-bond donors (Lipinski definition) is 2. The molecule has 10 nitrogen and oxygen atoms in total. The lowest BCUT2D eigenvalue weighted by atomic mass is 9.89. The Kier molecular flexibility index (Phi) is 5.93. The first-order chi connectivity index (χ1) is 15.7. The van der Waals surface area contributed by atoms with Gasteiger partial charge in [0, 0.05) is 25.4 Å². The lowest BCUT2D eigenvalue weighted by Crippen LogP contribution is -2.64. The molecule has 0 radical (unpaired) electrons. The van der Waals surface area contributed by atoms with Crippen molar-refractivity contribution >= 4 is 27.6 Å². The third-order valence-corrected chi connectivity index (χ3v) is 8.07. The number of benzene rings is 1. The molecule has 2 aromatic rings. The monoisotopic (exact) mass is 472 g/mol. The van der Waals surface area contributed by atoms with Crippen molar-refractivity contribution in [1.82, 2.24) is 14.2 Å². The zero-order chi connectivity index (χ0) is 23.8. The summed E-state index contributed by atoms with van der Waals surface area (Å²) in [6.45, 7) is -0.468. The smallest absolute Gasteiger partial charge is 0.252 e. The number of likely N-dealkylation sites (tertiary alicyclic amines) is 1. The maximum Gasteiger partial charge on any atom is 0.252 e. The van der Waals surface area contributed by atoms with Gasteiger partial charge in [0.1, 0.15) is 5.75 Å². The first-order valence-corrected chi connectivity index (χ1v) is 12.1. The van der Waals surface area contributed by atoms with E-state index in [0.29, 0.717) is 12.0 Å². The molecule has 2 aliphatic rings. The van der Waals surface area contributed by atoms with Crippen LogP contribution in [-0.4, -0.2) is 70.0 Å². The molecule has 174 valence electrons. The number of pyridine rings is 1. The fourth-order valence-electron chi connectivity index (χ4n) is 4.75. The minimum Gasteiger partial charge on any atom is -0.508 e. The Morgan fingerprint density at radius 2 is 1.91 bits per heavy atom. The largest absolute Gasteiger partial charge is 0.508 e. The maximum atomic E-state index is 13.1. The van der Waals surface area contributed by atoms with Gasteiger partial charge in [-0.1, -0.05) is 18.2 Å². The fraction of sp³-hybridized carbons (Fsp3) is 0.364. The van der Waals surface area contributed by atoms with Gasteiger partial charge in [0.05, 0.1) is 18.3 Å². The van der Waals surface area contributed by atoms with Crippen LogP contribution in [0.3, 0.4) is 0 Å². The van der Waals surface area contributed by atoms with E-state index in [0.717, 1.165) is 14.8 Å². The molecule has 33 heavy (non-hydrogen) atoms. The van der Waals surface area contributed by atoms with Crippen LogP contribution >= 0.6 is 0 Å². The lowest BCUT2D eigenvalue weighted by Gasteiger charge is -2.34. The molecular weight excluding hydrogens is 448 g/mol. The molecule has 3 N–H and O–H groups in total. The average molecular weight is 473 g/mol. The van der Waals surface area contributed by atoms with E-state index in [1.54, 1.807) is 24.3 Å². The molecular formula is C22H24N4O6S. The lowest BCUT2D eigenvalue weighted by molar-refractivity contribution is -0.149. The van der Waals surface area contributed by atoms with Gasteiger partial charge in [-0.2, -0.15) is 4.31 Å². The van der Waals surface area contributed by atoms with Crippen LogP contribution in [0.4, 0.5) is 0 Å². The van der Waals surface area contributed by atoms with Crippen molar-refractivity contribution < 1.29 is 27.9 Å². The van der Waals surface area contributed by atoms with Crippen LogP contribution < -0.4 is 5.73 Å². The third kappa shape index (κ3) is 3.98. The molecule has 2 unspecified atom stereocenters. The van der Waals surface area contributed by atoms with E-state index in [1.165, 1.54) is 24.5 Å². The summed E-state index contributed by atoms with van der Waals surface area (Å²) in [7, 11) is -3.98. The number of phenols is 1. The number of primary amides is 1. The molecule has 0 spiro atoms. The second-order valence-corrected chi connectivity index (χ2v) is 10.2. The number of aryl methyl sites for hydroxylation is 1. The van der Waals surface area contributed by atoms with Crippen molar-refractivity contribution in [3.8, 4) is 5.75 Å². The van der Waals surface area contributed by atoms with Crippen LogP contribution in [0.25, 0.3) is 0 Å². The van der Waals surface area contributed by atoms with Gasteiger partial charge >= 0.3 is 0 Å². The Labute approximate surface area is 191 Å². The summed E-state index contributed by atoms with van der Waals surface area (Å²) in [5.74, 6) is -2.44. The predicted octanol–water partition coefficient (Wildman–Crippen LogP) is -0.0405. The van der Waals surface area contributed by atoms with Crippen LogP contribution in [0.15, 0.2) is 48.8 Å². The number of aromatic hydroxyl groups is 1. The Morgan fingerprint density at radius 3 is 2.55 bits per heavy atom. The van der Waals surface area contributed by atoms with Crippen molar-refractivity contribution in [3.63, 3.8) is 0 Å². The first kappa shape index (κ1) is 22.9. The zero-order valence-corrected chi connectivity index (χ0v) is 18.6. The van der Waals surface area contributed by atoms with E-state index in [-0.39, 0.29) is 30.9 Å². The number of Topliss-reactive ketones (excluding diaryl/α,β-unsaturated/α-hetero) is 1. The number of phenolic OH excluding ortho intramolecular Hbond substituents is 1. The summed E-state index contributed by atoms with van der Waals surface area (Å²) in [4.78, 5) is 43.9. The minimum absolute atomic E-state index is 0.00222. The number of amides is 2. The number of rotatable bonds is 7. The Bertz CT molecular complexity index is 1190. The van der Waals surface area contributed by atoms with Crippen molar-refractivity contribution in [3.05, 3.63) is 59.9 Å². The van der Waals surface area contributed by atoms with E-state index in [1.807, 2.05) is 0 Å². The molecule has 0 bridgehead atoms. The van der Waals surface area contributed by atoms with Gasteiger partial charge in [-0.15, -0.1) is 0 Å². The van der Waals surface area contributed by atoms with Crippen LogP contribution in [0.1, 0.15) is 24.0 Å². The van der Waals surface area contributed by atoms with Crippen molar-refractivity contribution in [2.45, 2.75) is 36.6 Å². The molecule has 2 saturated heterocycles. The van der Waals surface area contributed by atoms with Crippen LogP contribution in [0, 0.1) is 0 Å². The highest BCUT2D eigenvalue weighted by Crippen LogP contribution is 2.41. The van der Waals surface area contributed by atoms with E-state index in [4.69, 9.17) is 5.73 Å². The number of carbonyl (C=O) groups is 3. The van der Waals surface area contributed by atoms with E-state index >= 15 is 0 Å². The van der Waals surface area contributed by atoms with Crippen molar-refractivity contribution in [2.75, 3.05) is 13.1 Å². The number of nitrogens with zero attached hydrogens (tertiary/aromatic N) is 3. The SMILES string of the molecule is NC(=O)C12C(=O)CN(S(=O)(=O)Cc3cccnc3)C1CCN2C(=O)CCc1ccc(O)cc1. The number of nitrogens with two attached hydrogens (primary N) is 1. The molecule has 2 amide bonds. The highest BCUT2D eigenvalue weighted by Gasteiger charge is 2.68. The molecule has 2 atom stereocenters. The van der Waals surface area contributed by atoms with Crippen LogP contribution in [0.2, 0.25) is 0 Å².